The first-order valence-electron chi connectivity index (χ1n) is 6.88. The van der Waals surface area contributed by atoms with Crippen LogP contribution < -0.4 is 5.43 Å². The van der Waals surface area contributed by atoms with E-state index in [4.69, 9.17) is 0 Å². The summed E-state index contributed by atoms with van der Waals surface area (Å²) in [4.78, 5) is 11.7. The number of phenolic OH excluding ortho intramolecular Hbond substituents is 1. The minimum Gasteiger partial charge on any atom is -0.507 e. The van der Waals surface area contributed by atoms with E-state index in [1.54, 1.807) is 12.1 Å². The Bertz CT molecular complexity index is 657. The van der Waals surface area contributed by atoms with Gasteiger partial charge in [0, 0.05) is 11.3 Å². The number of phenols is 1. The molecule has 0 aliphatic rings. The summed E-state index contributed by atoms with van der Waals surface area (Å²) in [6.07, 6.45) is 1.45. The van der Waals surface area contributed by atoms with Crippen molar-refractivity contribution in [2.45, 2.75) is 12.7 Å². The zero-order valence-electron chi connectivity index (χ0n) is 12.3. The second kappa shape index (κ2) is 8.24. The lowest BCUT2D eigenvalue weighted by Gasteiger charge is -2.02. The Morgan fingerprint density at radius 2 is 2.05 bits per heavy atom. The molecule has 0 heterocycles. The molecule has 0 atom stereocenters. The highest BCUT2D eigenvalue weighted by molar-refractivity contribution is 7.99. The van der Waals surface area contributed by atoms with Crippen LogP contribution in [0.4, 0.5) is 0 Å². The predicted octanol–water partition coefficient (Wildman–Crippen LogP) is 3.08. The average molecular weight is 314 g/mol. The number of benzene rings is 2. The quantitative estimate of drug-likeness (QED) is 0.636. The van der Waals surface area contributed by atoms with Crippen molar-refractivity contribution in [2.75, 3.05) is 5.75 Å². The van der Waals surface area contributed by atoms with Crippen molar-refractivity contribution in [1.82, 2.24) is 5.43 Å². The van der Waals surface area contributed by atoms with E-state index in [2.05, 4.69) is 10.5 Å². The summed E-state index contributed by atoms with van der Waals surface area (Å²) in [5.41, 5.74) is 5.25. The molecule has 114 valence electrons. The van der Waals surface area contributed by atoms with Gasteiger partial charge in [0.05, 0.1) is 12.0 Å². The second-order valence-electron chi connectivity index (χ2n) is 4.83. The molecule has 5 heteroatoms. The maximum Gasteiger partial charge on any atom is 0.250 e. The summed E-state index contributed by atoms with van der Waals surface area (Å²) < 4.78 is 0. The highest BCUT2D eigenvalue weighted by Gasteiger charge is 2.01. The number of aromatic hydroxyl groups is 1. The zero-order chi connectivity index (χ0) is 15.8. The van der Waals surface area contributed by atoms with E-state index in [-0.39, 0.29) is 11.7 Å². The lowest BCUT2D eigenvalue weighted by Crippen LogP contribution is -2.19. The van der Waals surface area contributed by atoms with E-state index in [1.165, 1.54) is 23.5 Å². The summed E-state index contributed by atoms with van der Waals surface area (Å²) in [7, 11) is 0. The van der Waals surface area contributed by atoms with Crippen LogP contribution in [0.5, 0.6) is 5.75 Å². The molecule has 0 aromatic heterocycles. The SMILES string of the molecule is Cc1ccc(O)c(/C=N/NC(=O)CSCc2ccccc2)c1. The number of carbonyl (C=O) groups is 1. The summed E-state index contributed by atoms with van der Waals surface area (Å²) >= 11 is 1.53. The van der Waals surface area contributed by atoms with Gasteiger partial charge < -0.3 is 5.11 Å². The zero-order valence-corrected chi connectivity index (χ0v) is 13.1. The van der Waals surface area contributed by atoms with E-state index < -0.39 is 0 Å². The fraction of sp³-hybridized carbons (Fsp3) is 0.176. The molecule has 1 amide bonds. The van der Waals surface area contributed by atoms with Gasteiger partial charge in [-0.1, -0.05) is 42.0 Å². The highest BCUT2D eigenvalue weighted by Crippen LogP contribution is 2.15. The maximum absolute atomic E-state index is 11.7. The lowest BCUT2D eigenvalue weighted by molar-refractivity contribution is -0.118. The molecule has 0 radical (unpaired) electrons. The molecular weight excluding hydrogens is 296 g/mol. The van der Waals surface area contributed by atoms with Gasteiger partial charge in [-0.05, 0) is 24.6 Å². The second-order valence-corrected chi connectivity index (χ2v) is 5.82. The molecule has 4 nitrogen and oxygen atoms in total. The Kier molecular flexibility index (Phi) is 6.03. The Labute approximate surface area is 134 Å². The van der Waals surface area contributed by atoms with E-state index in [9.17, 15) is 9.90 Å². The van der Waals surface area contributed by atoms with Gasteiger partial charge in [0.1, 0.15) is 5.75 Å². The van der Waals surface area contributed by atoms with Crippen LogP contribution in [0.3, 0.4) is 0 Å². The van der Waals surface area contributed by atoms with E-state index in [0.717, 1.165) is 11.3 Å². The summed E-state index contributed by atoms with van der Waals surface area (Å²) in [5, 5.41) is 13.5. The number of hydrogen-bond donors (Lipinski definition) is 2. The molecule has 2 N–H and O–H groups in total. The predicted molar refractivity (Wildman–Crippen MR) is 91.2 cm³/mol. The fourth-order valence-corrected chi connectivity index (χ4v) is 2.60. The number of hydrogen-bond acceptors (Lipinski definition) is 4. The number of carbonyl (C=O) groups excluding carboxylic acids is 1. The smallest absolute Gasteiger partial charge is 0.250 e. The molecule has 2 aromatic carbocycles. The third-order valence-electron chi connectivity index (χ3n) is 2.92. The summed E-state index contributed by atoms with van der Waals surface area (Å²) in [5.74, 6) is 1.11. The van der Waals surface area contributed by atoms with Gasteiger partial charge >= 0.3 is 0 Å². The van der Waals surface area contributed by atoms with Crippen LogP contribution in [-0.2, 0) is 10.5 Å². The normalized spacial score (nSPS) is 10.8. The first-order chi connectivity index (χ1) is 10.6. The van der Waals surface area contributed by atoms with Crippen molar-refractivity contribution in [3.8, 4) is 5.75 Å². The molecule has 0 fully saturated rings. The van der Waals surface area contributed by atoms with Crippen molar-refractivity contribution in [2.24, 2.45) is 5.10 Å². The van der Waals surface area contributed by atoms with Crippen LogP contribution in [0.1, 0.15) is 16.7 Å². The molecule has 0 spiro atoms. The molecule has 0 saturated heterocycles. The van der Waals surface area contributed by atoms with E-state index in [1.807, 2.05) is 43.3 Å². The molecule has 0 aliphatic carbocycles. The molecule has 2 aromatic rings. The standard InChI is InChI=1S/C17H18N2O2S/c1-13-7-8-16(20)15(9-13)10-18-19-17(21)12-22-11-14-5-3-2-4-6-14/h2-10,20H,11-12H2,1H3,(H,19,21)/b18-10+. The van der Waals surface area contributed by atoms with Crippen molar-refractivity contribution >= 4 is 23.9 Å². The number of aryl methyl sites for hydroxylation is 1. The van der Waals surface area contributed by atoms with Gasteiger partial charge in [-0.2, -0.15) is 5.10 Å². The lowest BCUT2D eigenvalue weighted by atomic mass is 10.1. The first-order valence-corrected chi connectivity index (χ1v) is 8.04. The maximum atomic E-state index is 11.7. The van der Waals surface area contributed by atoms with Gasteiger partial charge in [0.2, 0.25) is 5.91 Å². The Hall–Kier alpha value is -2.27. The van der Waals surface area contributed by atoms with Crippen LogP contribution >= 0.6 is 11.8 Å². The number of nitrogens with zero attached hydrogens (tertiary/aromatic N) is 1. The Balaban J connectivity index is 1.75. The van der Waals surface area contributed by atoms with Crippen molar-refractivity contribution in [1.29, 1.82) is 0 Å². The van der Waals surface area contributed by atoms with Gasteiger partial charge in [0.15, 0.2) is 0 Å². The third kappa shape index (κ3) is 5.26. The minimum absolute atomic E-state index is 0.141. The average Bonchev–Trinajstić information content (AvgIpc) is 2.52. The number of thioether (sulfide) groups is 1. The van der Waals surface area contributed by atoms with E-state index >= 15 is 0 Å². The monoisotopic (exact) mass is 314 g/mol. The Morgan fingerprint density at radius 1 is 1.27 bits per heavy atom. The minimum atomic E-state index is -0.163. The van der Waals surface area contributed by atoms with Gasteiger partial charge in [-0.15, -0.1) is 11.8 Å². The molecule has 2 rings (SSSR count). The summed E-state index contributed by atoms with van der Waals surface area (Å²) in [6.45, 7) is 1.93. The molecule has 0 saturated carbocycles. The molecular formula is C17H18N2O2S. The van der Waals surface area contributed by atoms with Crippen molar-refractivity contribution < 1.29 is 9.90 Å². The van der Waals surface area contributed by atoms with Gasteiger partial charge in [0.25, 0.3) is 0 Å². The van der Waals surface area contributed by atoms with Crippen molar-refractivity contribution in [3.63, 3.8) is 0 Å². The third-order valence-corrected chi connectivity index (χ3v) is 3.92. The number of amides is 1. The highest BCUT2D eigenvalue weighted by atomic mass is 32.2. The largest absolute Gasteiger partial charge is 0.507 e. The Morgan fingerprint density at radius 3 is 2.82 bits per heavy atom. The number of nitrogens with one attached hydrogen (secondary N) is 1. The van der Waals surface area contributed by atoms with Crippen LogP contribution in [0, 0.1) is 6.92 Å². The number of hydrazone groups is 1. The first kappa shape index (κ1) is 16.1. The van der Waals surface area contributed by atoms with Gasteiger partial charge in [-0.3, -0.25) is 4.79 Å². The number of rotatable bonds is 6. The van der Waals surface area contributed by atoms with E-state index in [0.29, 0.717) is 11.3 Å². The topological polar surface area (TPSA) is 61.7 Å². The molecule has 0 bridgehead atoms. The van der Waals surface area contributed by atoms with Gasteiger partial charge in [-0.25, -0.2) is 5.43 Å². The molecule has 22 heavy (non-hydrogen) atoms. The van der Waals surface area contributed by atoms with Crippen LogP contribution in [-0.4, -0.2) is 23.0 Å². The molecule has 0 unspecified atom stereocenters. The van der Waals surface area contributed by atoms with Crippen LogP contribution in [0.25, 0.3) is 0 Å². The van der Waals surface area contributed by atoms with Crippen molar-refractivity contribution in [3.05, 3.63) is 65.2 Å². The fourth-order valence-electron chi connectivity index (χ4n) is 1.82. The van der Waals surface area contributed by atoms with Crippen LogP contribution in [0.15, 0.2) is 53.6 Å². The van der Waals surface area contributed by atoms with Crippen LogP contribution in [0.2, 0.25) is 0 Å². The molecule has 0 aliphatic heterocycles. The summed E-state index contributed by atoms with van der Waals surface area (Å²) in [6, 6.07) is 15.2.